The smallest absolute Gasteiger partial charge is 0.407 e. The Hall–Kier alpha value is -2.78. The van der Waals surface area contributed by atoms with Gasteiger partial charge in [0.2, 0.25) is 10.0 Å². The van der Waals surface area contributed by atoms with Crippen LogP contribution in [0.15, 0.2) is 48.5 Å². The van der Waals surface area contributed by atoms with Gasteiger partial charge in [0.15, 0.2) is 0 Å². The number of sulfonamides is 1. The van der Waals surface area contributed by atoms with Crippen LogP contribution in [0, 0.1) is 5.92 Å². The van der Waals surface area contributed by atoms with Crippen molar-refractivity contribution < 1.29 is 23.1 Å². The highest BCUT2D eigenvalue weighted by Gasteiger charge is 2.29. The molecule has 0 fully saturated rings. The van der Waals surface area contributed by atoms with Crippen molar-refractivity contribution in [1.82, 2.24) is 5.32 Å². The lowest BCUT2D eigenvalue weighted by molar-refractivity contribution is 0.0147. The van der Waals surface area contributed by atoms with Crippen LogP contribution in [0.25, 0.3) is 0 Å². The Morgan fingerprint density at radius 3 is 2.35 bits per heavy atom. The molecule has 2 rings (SSSR count). The second kappa shape index (κ2) is 11.0. The van der Waals surface area contributed by atoms with Gasteiger partial charge in [0.1, 0.15) is 12.2 Å². The fourth-order valence-corrected chi connectivity index (χ4v) is 4.41. The van der Waals surface area contributed by atoms with Crippen LogP contribution < -0.4 is 15.8 Å². The van der Waals surface area contributed by atoms with Crippen molar-refractivity contribution >= 4 is 27.5 Å². The van der Waals surface area contributed by atoms with Crippen LogP contribution in [0.1, 0.15) is 25.0 Å². The standard InChI is InChI=1S/C22H31N3O5S/c1-15(2)11-17-9-10-19(18(23)12-17)25-31(28,29)14-20(26)21(30-22(27)24-3)13-16-7-5-4-6-8-16/h4-10,12,15,20-21,25-26H,11,13-14,23H2,1-3H3,(H,24,27)/t20-,21+/m1/s1. The van der Waals surface area contributed by atoms with Crippen LogP contribution in [0.4, 0.5) is 16.2 Å². The van der Waals surface area contributed by atoms with E-state index in [0.717, 1.165) is 17.5 Å². The molecule has 2 aromatic rings. The fourth-order valence-electron chi connectivity index (χ4n) is 3.14. The summed E-state index contributed by atoms with van der Waals surface area (Å²) in [5.41, 5.74) is 8.37. The van der Waals surface area contributed by atoms with Crippen molar-refractivity contribution in [3.05, 3.63) is 59.7 Å². The van der Waals surface area contributed by atoms with Crippen molar-refractivity contribution in [3.8, 4) is 0 Å². The van der Waals surface area contributed by atoms with Gasteiger partial charge in [0.05, 0.1) is 17.1 Å². The summed E-state index contributed by atoms with van der Waals surface area (Å²) >= 11 is 0. The number of aliphatic hydroxyl groups is 1. The number of nitrogens with two attached hydrogens (primary N) is 1. The minimum absolute atomic E-state index is 0.164. The van der Waals surface area contributed by atoms with Crippen LogP contribution in [0.5, 0.6) is 0 Å². The lowest BCUT2D eigenvalue weighted by Crippen LogP contribution is -2.41. The molecule has 0 heterocycles. The van der Waals surface area contributed by atoms with Gasteiger partial charge in [0, 0.05) is 13.5 Å². The van der Waals surface area contributed by atoms with Crippen molar-refractivity contribution in [2.75, 3.05) is 23.3 Å². The van der Waals surface area contributed by atoms with Crippen molar-refractivity contribution in [3.63, 3.8) is 0 Å². The largest absolute Gasteiger partial charge is 0.443 e. The third-order valence-electron chi connectivity index (χ3n) is 4.59. The average Bonchev–Trinajstić information content (AvgIpc) is 2.69. The molecule has 5 N–H and O–H groups in total. The molecular weight excluding hydrogens is 418 g/mol. The zero-order valence-corrected chi connectivity index (χ0v) is 18.9. The number of benzene rings is 2. The molecule has 0 aromatic heterocycles. The molecule has 0 aliphatic carbocycles. The van der Waals surface area contributed by atoms with Gasteiger partial charge >= 0.3 is 6.09 Å². The molecule has 0 saturated carbocycles. The number of ether oxygens (including phenoxy) is 1. The average molecular weight is 450 g/mol. The Balaban J connectivity index is 2.11. The predicted octanol–water partition coefficient (Wildman–Crippen LogP) is 2.54. The number of hydrogen-bond donors (Lipinski definition) is 4. The maximum atomic E-state index is 12.7. The van der Waals surface area contributed by atoms with Crippen LogP contribution in [-0.4, -0.2) is 44.6 Å². The Morgan fingerprint density at radius 2 is 1.77 bits per heavy atom. The molecule has 0 aliphatic heterocycles. The molecule has 2 aromatic carbocycles. The number of rotatable bonds is 10. The molecular formula is C22H31N3O5S. The Bertz CT molecular complexity index is 964. The van der Waals surface area contributed by atoms with E-state index >= 15 is 0 Å². The lowest BCUT2D eigenvalue weighted by Gasteiger charge is -2.23. The van der Waals surface area contributed by atoms with Gasteiger partial charge in [-0.2, -0.15) is 0 Å². The third kappa shape index (κ3) is 8.10. The van der Waals surface area contributed by atoms with E-state index in [1.165, 1.54) is 7.05 Å². The normalized spacial score (nSPS) is 13.5. The molecule has 8 nitrogen and oxygen atoms in total. The lowest BCUT2D eigenvalue weighted by atomic mass is 10.0. The maximum Gasteiger partial charge on any atom is 0.407 e. The van der Waals surface area contributed by atoms with Gasteiger partial charge in [-0.05, 0) is 35.6 Å². The number of carbonyl (C=O) groups excluding carboxylic acids is 1. The number of hydrogen-bond acceptors (Lipinski definition) is 6. The SMILES string of the molecule is CNC(=O)O[C@@H](Cc1ccccc1)[C@H](O)CS(=O)(=O)Nc1ccc(CC(C)C)cc1N. The molecule has 9 heteroatoms. The van der Waals surface area contributed by atoms with E-state index in [4.69, 9.17) is 10.5 Å². The Labute approximate surface area is 183 Å². The number of aliphatic hydroxyl groups excluding tert-OH is 1. The summed E-state index contributed by atoms with van der Waals surface area (Å²) in [5, 5.41) is 12.9. The first kappa shape index (κ1) is 24.5. The van der Waals surface area contributed by atoms with E-state index in [0.29, 0.717) is 11.6 Å². The van der Waals surface area contributed by atoms with Crippen LogP contribution in [0.2, 0.25) is 0 Å². The number of nitrogens with one attached hydrogen (secondary N) is 2. The molecule has 31 heavy (non-hydrogen) atoms. The molecule has 0 radical (unpaired) electrons. The summed E-state index contributed by atoms with van der Waals surface area (Å²) in [4.78, 5) is 11.7. The van der Waals surface area contributed by atoms with Crippen molar-refractivity contribution in [2.45, 2.75) is 38.9 Å². The second-order valence-electron chi connectivity index (χ2n) is 7.85. The van der Waals surface area contributed by atoms with Gasteiger partial charge in [-0.25, -0.2) is 13.2 Å². The highest BCUT2D eigenvalue weighted by molar-refractivity contribution is 7.92. The van der Waals surface area contributed by atoms with Gasteiger partial charge in [-0.3, -0.25) is 4.72 Å². The van der Waals surface area contributed by atoms with E-state index in [9.17, 15) is 18.3 Å². The predicted molar refractivity (Wildman–Crippen MR) is 122 cm³/mol. The molecule has 2 atom stereocenters. The van der Waals surface area contributed by atoms with E-state index in [-0.39, 0.29) is 12.1 Å². The summed E-state index contributed by atoms with van der Waals surface area (Å²) in [6, 6.07) is 14.2. The van der Waals surface area contributed by atoms with Gasteiger partial charge < -0.3 is 20.9 Å². The molecule has 0 bridgehead atoms. The molecule has 1 amide bonds. The monoisotopic (exact) mass is 449 g/mol. The molecule has 0 unspecified atom stereocenters. The maximum absolute atomic E-state index is 12.7. The number of alkyl carbamates (subject to hydrolysis) is 1. The topological polar surface area (TPSA) is 131 Å². The fraction of sp³-hybridized carbons (Fsp3) is 0.409. The highest BCUT2D eigenvalue weighted by atomic mass is 32.2. The summed E-state index contributed by atoms with van der Waals surface area (Å²) in [5.74, 6) is -0.215. The number of carbonyl (C=O) groups is 1. The van der Waals surface area contributed by atoms with E-state index in [2.05, 4.69) is 23.9 Å². The van der Waals surface area contributed by atoms with Crippen LogP contribution in [0.3, 0.4) is 0 Å². The van der Waals surface area contributed by atoms with Crippen molar-refractivity contribution in [2.24, 2.45) is 5.92 Å². The summed E-state index contributed by atoms with van der Waals surface area (Å²) < 4.78 is 32.9. The van der Waals surface area contributed by atoms with Gasteiger partial charge in [0.25, 0.3) is 0 Å². The quantitative estimate of drug-likeness (QED) is 0.412. The third-order valence-corrected chi connectivity index (χ3v) is 5.90. The zero-order chi connectivity index (χ0) is 23.0. The summed E-state index contributed by atoms with van der Waals surface area (Å²) in [6.45, 7) is 4.17. The second-order valence-corrected chi connectivity index (χ2v) is 9.62. The minimum atomic E-state index is -3.96. The molecule has 0 aliphatic rings. The highest BCUT2D eigenvalue weighted by Crippen LogP contribution is 2.23. The Morgan fingerprint density at radius 1 is 1.10 bits per heavy atom. The minimum Gasteiger partial charge on any atom is -0.443 e. The number of anilines is 2. The van der Waals surface area contributed by atoms with Crippen LogP contribution >= 0.6 is 0 Å². The molecule has 0 spiro atoms. The van der Waals surface area contributed by atoms with E-state index in [1.807, 2.05) is 24.3 Å². The number of nitrogen functional groups attached to an aromatic ring is 1. The summed E-state index contributed by atoms with van der Waals surface area (Å²) in [7, 11) is -2.58. The Kier molecular flexibility index (Phi) is 8.70. The molecule has 0 saturated heterocycles. The number of amides is 1. The molecule has 170 valence electrons. The first-order chi connectivity index (χ1) is 14.6. The zero-order valence-electron chi connectivity index (χ0n) is 18.0. The van der Waals surface area contributed by atoms with Crippen molar-refractivity contribution in [1.29, 1.82) is 0 Å². The summed E-state index contributed by atoms with van der Waals surface area (Å²) in [6.07, 6.45) is -2.26. The van der Waals surface area contributed by atoms with E-state index in [1.54, 1.807) is 24.3 Å². The van der Waals surface area contributed by atoms with E-state index < -0.39 is 34.1 Å². The van der Waals surface area contributed by atoms with Gasteiger partial charge in [-0.15, -0.1) is 0 Å². The van der Waals surface area contributed by atoms with Crippen LogP contribution in [-0.2, 0) is 27.6 Å². The first-order valence-corrected chi connectivity index (χ1v) is 11.7. The van der Waals surface area contributed by atoms with Gasteiger partial charge in [-0.1, -0.05) is 50.2 Å². The first-order valence-electron chi connectivity index (χ1n) is 10.1.